The molecule has 0 bridgehead atoms. The first-order chi connectivity index (χ1) is 22.9. The van der Waals surface area contributed by atoms with Crippen LogP contribution < -0.4 is 10.6 Å². The topological polar surface area (TPSA) is 132 Å². The molecule has 2 aromatic rings. The van der Waals surface area contributed by atoms with Gasteiger partial charge in [0.25, 0.3) is 0 Å². The third-order valence-electron chi connectivity index (χ3n) is 9.37. The van der Waals surface area contributed by atoms with Crippen molar-refractivity contribution in [3.63, 3.8) is 0 Å². The lowest BCUT2D eigenvalue weighted by Crippen LogP contribution is -2.57. The van der Waals surface area contributed by atoms with Crippen molar-refractivity contribution in [2.24, 2.45) is 5.41 Å². The van der Waals surface area contributed by atoms with Crippen molar-refractivity contribution in [2.75, 3.05) is 13.2 Å². The largest absolute Gasteiger partial charge is 0.396 e. The van der Waals surface area contributed by atoms with Gasteiger partial charge in [-0.05, 0) is 43.2 Å². The number of benzene rings is 1. The molecule has 9 nitrogen and oxygen atoms in total. The number of aryl methyl sites for hydroxylation is 1. The zero-order valence-electron chi connectivity index (χ0n) is 29.9. The molecule has 1 saturated heterocycles. The van der Waals surface area contributed by atoms with Crippen LogP contribution in [0.1, 0.15) is 135 Å². The SMILES string of the molecule is Cc1ncsc1-c1ccc([C@H](C)NC(=O)[C@@H]2C[C@@H](O)CN2C(=O)[C@@H](NC(=O)CCCCCCCCCCCCCCO)C(C)(C)C)cc1. The van der Waals surface area contributed by atoms with Crippen molar-refractivity contribution >= 4 is 29.1 Å². The molecule has 10 heteroatoms. The first-order valence-corrected chi connectivity index (χ1v) is 19.0. The Hall–Kier alpha value is -2.82. The maximum atomic E-state index is 13.9. The molecule has 4 atom stereocenters. The smallest absolute Gasteiger partial charge is 0.246 e. The van der Waals surface area contributed by atoms with Gasteiger partial charge in [0.2, 0.25) is 17.7 Å². The number of nitrogens with one attached hydrogen (secondary N) is 2. The second kappa shape index (κ2) is 20.0. The molecule has 0 unspecified atom stereocenters. The number of nitrogens with zero attached hydrogens (tertiary/aromatic N) is 2. The summed E-state index contributed by atoms with van der Waals surface area (Å²) >= 11 is 1.59. The van der Waals surface area contributed by atoms with Crippen molar-refractivity contribution in [1.82, 2.24) is 20.5 Å². The molecule has 2 heterocycles. The molecule has 1 fully saturated rings. The predicted molar refractivity (Wildman–Crippen MR) is 193 cm³/mol. The van der Waals surface area contributed by atoms with Crippen LogP contribution in [0.4, 0.5) is 0 Å². The van der Waals surface area contributed by atoms with E-state index >= 15 is 0 Å². The quantitative estimate of drug-likeness (QED) is 0.113. The highest BCUT2D eigenvalue weighted by Gasteiger charge is 2.44. The van der Waals surface area contributed by atoms with Crippen LogP contribution in [0.3, 0.4) is 0 Å². The number of unbranched alkanes of at least 4 members (excludes halogenated alkanes) is 11. The average Bonchev–Trinajstić information content (AvgIpc) is 3.66. The summed E-state index contributed by atoms with van der Waals surface area (Å²) in [5, 5.41) is 25.4. The van der Waals surface area contributed by atoms with Gasteiger partial charge < -0.3 is 25.7 Å². The Morgan fingerprint density at radius 1 is 0.917 bits per heavy atom. The molecular formula is C38H60N4O5S. The number of carbonyl (C=O) groups is 3. The van der Waals surface area contributed by atoms with Crippen LogP contribution in [0.5, 0.6) is 0 Å². The van der Waals surface area contributed by atoms with E-state index in [1.54, 1.807) is 11.3 Å². The molecular weight excluding hydrogens is 625 g/mol. The number of rotatable bonds is 20. The number of hydrogen-bond donors (Lipinski definition) is 4. The predicted octanol–water partition coefficient (Wildman–Crippen LogP) is 6.85. The van der Waals surface area contributed by atoms with Gasteiger partial charge >= 0.3 is 0 Å². The van der Waals surface area contributed by atoms with Crippen molar-refractivity contribution in [3.8, 4) is 10.4 Å². The first kappa shape index (κ1) is 39.6. The molecule has 0 aliphatic carbocycles. The molecule has 1 aliphatic heterocycles. The number of hydrogen-bond acceptors (Lipinski definition) is 7. The molecule has 268 valence electrons. The molecule has 1 aliphatic rings. The van der Waals surface area contributed by atoms with Gasteiger partial charge in [0, 0.05) is 26.0 Å². The normalized spacial score (nSPS) is 17.7. The first-order valence-electron chi connectivity index (χ1n) is 18.1. The maximum Gasteiger partial charge on any atom is 0.246 e. The highest BCUT2D eigenvalue weighted by molar-refractivity contribution is 7.13. The summed E-state index contributed by atoms with van der Waals surface area (Å²) in [6.45, 7) is 9.97. The number of β-amino-alcohol motifs (C(OH)–C–C–N with tert-alkyl or cyclic N) is 1. The molecule has 3 amide bonds. The van der Waals surface area contributed by atoms with Crippen molar-refractivity contribution in [2.45, 2.75) is 149 Å². The third kappa shape index (κ3) is 12.6. The minimum Gasteiger partial charge on any atom is -0.396 e. The molecule has 4 N–H and O–H groups in total. The number of aliphatic hydroxyl groups excluding tert-OH is 2. The minimum atomic E-state index is -0.818. The number of likely N-dealkylation sites (tertiary alicyclic amines) is 1. The Balaban J connectivity index is 1.46. The Bertz CT molecular complexity index is 1270. The maximum absolute atomic E-state index is 13.9. The van der Waals surface area contributed by atoms with Gasteiger partial charge in [0.05, 0.1) is 28.2 Å². The van der Waals surface area contributed by atoms with Crippen LogP contribution in [0.15, 0.2) is 29.8 Å². The average molecular weight is 685 g/mol. The Labute approximate surface area is 292 Å². The molecule has 1 aromatic carbocycles. The monoisotopic (exact) mass is 684 g/mol. The van der Waals surface area contributed by atoms with E-state index < -0.39 is 23.6 Å². The lowest BCUT2D eigenvalue weighted by Gasteiger charge is -2.35. The third-order valence-corrected chi connectivity index (χ3v) is 10.3. The number of thiazole rings is 1. The fraction of sp³-hybridized carbons (Fsp3) is 0.684. The lowest BCUT2D eigenvalue weighted by molar-refractivity contribution is -0.144. The Morgan fingerprint density at radius 3 is 2.00 bits per heavy atom. The molecule has 1 aromatic heterocycles. The molecule has 3 rings (SSSR count). The van der Waals surface area contributed by atoms with Crippen molar-refractivity contribution in [1.29, 1.82) is 0 Å². The summed E-state index contributed by atoms with van der Waals surface area (Å²) in [6, 6.07) is 6.10. The molecule has 0 spiro atoms. The standard InChI is InChI=1S/C38H60N4O5S/c1-27(29-19-21-30(22-20-29)34-28(2)39-26-48-34)40-36(46)32-24-31(44)25-42(32)37(47)35(38(3,4)5)41-33(45)18-16-14-12-10-8-6-7-9-11-13-15-17-23-43/h19-22,26-27,31-32,35,43-44H,6-18,23-25H2,1-5H3,(H,40,46)(H,41,45)/t27-,31+,32-,35+/m0/s1. The number of carbonyl (C=O) groups excluding carboxylic acids is 3. The van der Waals surface area contributed by atoms with E-state index in [1.165, 1.54) is 49.8 Å². The zero-order valence-corrected chi connectivity index (χ0v) is 30.7. The number of aliphatic hydroxyl groups is 2. The molecule has 0 saturated carbocycles. The van der Waals surface area contributed by atoms with E-state index in [9.17, 15) is 19.5 Å². The summed E-state index contributed by atoms with van der Waals surface area (Å²) in [6.07, 6.45) is 13.2. The van der Waals surface area contributed by atoms with E-state index in [-0.39, 0.29) is 36.7 Å². The van der Waals surface area contributed by atoms with Crippen LogP contribution >= 0.6 is 11.3 Å². The van der Waals surface area contributed by atoms with Crippen LogP contribution in [-0.2, 0) is 14.4 Å². The van der Waals surface area contributed by atoms with Crippen molar-refractivity contribution in [3.05, 3.63) is 41.0 Å². The number of amides is 3. The van der Waals surface area contributed by atoms with Gasteiger partial charge in [-0.3, -0.25) is 14.4 Å². The van der Waals surface area contributed by atoms with E-state index in [2.05, 4.69) is 15.6 Å². The minimum absolute atomic E-state index is 0.0559. The van der Waals surface area contributed by atoms with Crippen LogP contribution in [0, 0.1) is 12.3 Å². The molecule has 48 heavy (non-hydrogen) atoms. The highest BCUT2D eigenvalue weighted by Crippen LogP contribution is 2.29. The van der Waals surface area contributed by atoms with E-state index in [0.29, 0.717) is 13.0 Å². The fourth-order valence-electron chi connectivity index (χ4n) is 6.41. The summed E-state index contributed by atoms with van der Waals surface area (Å²) in [5.74, 6) is -0.805. The number of aromatic nitrogens is 1. The van der Waals surface area contributed by atoms with Gasteiger partial charge in [0.15, 0.2) is 0 Å². The summed E-state index contributed by atoms with van der Waals surface area (Å²) < 4.78 is 0. The van der Waals surface area contributed by atoms with Gasteiger partial charge in [-0.1, -0.05) is 109 Å². The summed E-state index contributed by atoms with van der Waals surface area (Å²) in [5.41, 5.74) is 4.25. The van der Waals surface area contributed by atoms with E-state index in [1.807, 2.05) is 64.4 Å². The van der Waals surface area contributed by atoms with Crippen LogP contribution in [0.2, 0.25) is 0 Å². The van der Waals surface area contributed by atoms with Gasteiger partial charge in [-0.2, -0.15) is 0 Å². The van der Waals surface area contributed by atoms with Gasteiger partial charge in [-0.15, -0.1) is 11.3 Å². The van der Waals surface area contributed by atoms with E-state index in [4.69, 9.17) is 5.11 Å². The van der Waals surface area contributed by atoms with Gasteiger partial charge in [0.1, 0.15) is 12.1 Å². The van der Waals surface area contributed by atoms with Crippen molar-refractivity contribution < 1.29 is 24.6 Å². The molecule has 0 radical (unpaired) electrons. The van der Waals surface area contributed by atoms with Gasteiger partial charge in [-0.25, -0.2) is 4.98 Å². The highest BCUT2D eigenvalue weighted by atomic mass is 32.1. The van der Waals surface area contributed by atoms with Crippen LogP contribution in [-0.4, -0.2) is 69.2 Å². The van der Waals surface area contributed by atoms with E-state index in [0.717, 1.165) is 53.8 Å². The fourth-order valence-corrected chi connectivity index (χ4v) is 7.23. The second-order valence-electron chi connectivity index (χ2n) is 14.6. The Kier molecular flexibility index (Phi) is 16.5. The summed E-state index contributed by atoms with van der Waals surface area (Å²) in [7, 11) is 0. The lowest BCUT2D eigenvalue weighted by atomic mass is 9.85. The summed E-state index contributed by atoms with van der Waals surface area (Å²) in [4.78, 5) is 47.3. The zero-order chi connectivity index (χ0) is 35.1. The van der Waals surface area contributed by atoms with Crippen LogP contribution in [0.25, 0.3) is 10.4 Å². The second-order valence-corrected chi connectivity index (χ2v) is 15.5. The Morgan fingerprint density at radius 2 is 1.48 bits per heavy atom.